The van der Waals surface area contributed by atoms with E-state index in [-0.39, 0.29) is 22.4 Å². The number of pyridine rings is 1. The molecule has 110 valence electrons. The molecular weight excluding hydrogens is 370 g/mol. The van der Waals surface area contributed by atoms with Gasteiger partial charge < -0.3 is 4.98 Å². The van der Waals surface area contributed by atoms with Gasteiger partial charge in [0, 0.05) is 17.0 Å². The van der Waals surface area contributed by atoms with Gasteiger partial charge in [-0.25, -0.2) is 0 Å². The standard InChI is InChI=1S/C15H24BrNO.BrH/c1-4-5-6-7-8-9-10-13-11(2)17-12(3)14(16)15(13)18;/h4-10H2,1-3H3,(H,17,18);1H. The lowest BCUT2D eigenvalue weighted by Gasteiger charge is -2.08. The molecule has 2 nitrogen and oxygen atoms in total. The third-order valence-corrected chi connectivity index (χ3v) is 4.37. The normalized spacial score (nSPS) is 10.3. The molecule has 1 N–H and O–H groups in total. The maximum atomic E-state index is 12.1. The lowest BCUT2D eigenvalue weighted by molar-refractivity contribution is 0.605. The molecule has 0 atom stereocenters. The first-order valence-corrected chi connectivity index (χ1v) is 7.75. The predicted molar refractivity (Wildman–Crippen MR) is 91.6 cm³/mol. The highest BCUT2D eigenvalue weighted by Crippen LogP contribution is 2.14. The molecule has 0 aliphatic heterocycles. The van der Waals surface area contributed by atoms with Crippen molar-refractivity contribution in [2.75, 3.05) is 0 Å². The number of hydrogen-bond acceptors (Lipinski definition) is 1. The summed E-state index contributed by atoms with van der Waals surface area (Å²) in [5.41, 5.74) is 3.05. The number of hydrogen-bond donors (Lipinski definition) is 1. The Labute approximate surface area is 135 Å². The van der Waals surface area contributed by atoms with Crippen LogP contribution in [-0.2, 0) is 6.42 Å². The minimum Gasteiger partial charge on any atom is -0.361 e. The Hall–Kier alpha value is -0.0900. The van der Waals surface area contributed by atoms with Crippen molar-refractivity contribution in [3.63, 3.8) is 0 Å². The van der Waals surface area contributed by atoms with Gasteiger partial charge in [0.2, 0.25) is 0 Å². The fraction of sp³-hybridized carbons (Fsp3) is 0.667. The zero-order valence-corrected chi connectivity index (χ0v) is 15.4. The average Bonchev–Trinajstić information content (AvgIpc) is 2.34. The number of halogens is 2. The predicted octanol–water partition coefficient (Wildman–Crippen LogP) is 5.24. The topological polar surface area (TPSA) is 32.9 Å². The van der Waals surface area contributed by atoms with Crippen LogP contribution in [0.3, 0.4) is 0 Å². The van der Waals surface area contributed by atoms with Gasteiger partial charge in [-0.05, 0) is 42.6 Å². The van der Waals surface area contributed by atoms with Crippen LogP contribution in [-0.4, -0.2) is 4.98 Å². The molecule has 1 aromatic rings. The van der Waals surface area contributed by atoms with Crippen LogP contribution in [0.25, 0.3) is 0 Å². The van der Waals surface area contributed by atoms with E-state index < -0.39 is 0 Å². The molecule has 1 aromatic heterocycles. The number of rotatable bonds is 7. The van der Waals surface area contributed by atoms with Crippen molar-refractivity contribution in [1.29, 1.82) is 0 Å². The number of aromatic amines is 1. The maximum Gasteiger partial charge on any atom is 0.199 e. The summed E-state index contributed by atoms with van der Waals surface area (Å²) in [5, 5.41) is 0. The molecule has 4 heteroatoms. The summed E-state index contributed by atoms with van der Waals surface area (Å²) in [5.74, 6) is 0. The minimum absolute atomic E-state index is 0. The average molecular weight is 395 g/mol. The van der Waals surface area contributed by atoms with Crippen molar-refractivity contribution in [2.45, 2.75) is 65.7 Å². The molecule has 0 amide bonds. The summed E-state index contributed by atoms with van der Waals surface area (Å²) in [6.45, 7) is 6.15. The zero-order chi connectivity index (χ0) is 13.5. The van der Waals surface area contributed by atoms with Gasteiger partial charge in [0.1, 0.15) is 0 Å². The fourth-order valence-electron chi connectivity index (χ4n) is 2.27. The van der Waals surface area contributed by atoms with Crippen LogP contribution in [0.15, 0.2) is 9.27 Å². The molecule has 1 rings (SSSR count). The Morgan fingerprint density at radius 1 is 1.00 bits per heavy atom. The van der Waals surface area contributed by atoms with E-state index in [4.69, 9.17) is 0 Å². The molecule has 0 spiro atoms. The van der Waals surface area contributed by atoms with Crippen LogP contribution >= 0.6 is 32.9 Å². The first-order chi connectivity index (χ1) is 8.57. The molecule has 19 heavy (non-hydrogen) atoms. The highest BCUT2D eigenvalue weighted by molar-refractivity contribution is 9.10. The maximum absolute atomic E-state index is 12.1. The second kappa shape index (κ2) is 9.76. The van der Waals surface area contributed by atoms with Gasteiger partial charge in [-0.2, -0.15) is 0 Å². The Kier molecular flexibility index (Phi) is 9.71. The molecule has 0 aliphatic rings. The van der Waals surface area contributed by atoms with Gasteiger partial charge in [-0.3, -0.25) is 4.79 Å². The van der Waals surface area contributed by atoms with Crippen LogP contribution in [0.2, 0.25) is 0 Å². The second-order valence-corrected chi connectivity index (χ2v) is 5.81. The molecule has 0 saturated heterocycles. The third kappa shape index (κ3) is 5.82. The molecule has 0 aromatic carbocycles. The second-order valence-electron chi connectivity index (χ2n) is 5.01. The quantitative estimate of drug-likeness (QED) is 0.630. The van der Waals surface area contributed by atoms with Gasteiger partial charge in [-0.15, -0.1) is 17.0 Å². The largest absolute Gasteiger partial charge is 0.361 e. The van der Waals surface area contributed by atoms with Crippen molar-refractivity contribution in [3.05, 3.63) is 31.6 Å². The van der Waals surface area contributed by atoms with Crippen molar-refractivity contribution < 1.29 is 0 Å². The fourth-order valence-corrected chi connectivity index (χ4v) is 2.61. The zero-order valence-electron chi connectivity index (χ0n) is 12.1. The molecular formula is C15H25Br2NO. The Balaban J connectivity index is 0.00000324. The van der Waals surface area contributed by atoms with Gasteiger partial charge in [0.25, 0.3) is 0 Å². The number of nitrogens with one attached hydrogen (secondary N) is 1. The van der Waals surface area contributed by atoms with Gasteiger partial charge >= 0.3 is 0 Å². The Bertz CT molecular complexity index is 441. The molecule has 0 saturated carbocycles. The lowest BCUT2D eigenvalue weighted by atomic mass is 10.0. The number of aryl methyl sites for hydroxylation is 2. The van der Waals surface area contributed by atoms with Gasteiger partial charge in [0.15, 0.2) is 5.43 Å². The molecule has 0 fully saturated rings. The number of H-pyrrole nitrogens is 1. The molecule has 0 unspecified atom stereocenters. The van der Waals surface area contributed by atoms with Crippen molar-refractivity contribution in [3.8, 4) is 0 Å². The highest BCUT2D eigenvalue weighted by Gasteiger charge is 2.09. The molecule has 1 heterocycles. The number of unbranched alkanes of at least 4 members (excludes halogenated alkanes) is 5. The van der Waals surface area contributed by atoms with Crippen molar-refractivity contribution in [2.24, 2.45) is 0 Å². The van der Waals surface area contributed by atoms with E-state index in [0.29, 0.717) is 4.47 Å². The smallest absolute Gasteiger partial charge is 0.199 e. The van der Waals surface area contributed by atoms with Crippen molar-refractivity contribution >= 4 is 32.9 Å². The van der Waals surface area contributed by atoms with Gasteiger partial charge in [0.05, 0.1) is 4.47 Å². The van der Waals surface area contributed by atoms with Gasteiger partial charge in [-0.1, -0.05) is 39.0 Å². The van der Waals surface area contributed by atoms with E-state index in [1.807, 2.05) is 13.8 Å². The van der Waals surface area contributed by atoms with E-state index in [1.165, 1.54) is 32.1 Å². The first-order valence-electron chi connectivity index (χ1n) is 6.95. The van der Waals surface area contributed by atoms with Crippen LogP contribution < -0.4 is 5.43 Å². The Morgan fingerprint density at radius 3 is 2.21 bits per heavy atom. The minimum atomic E-state index is 0. The van der Waals surface area contributed by atoms with E-state index in [1.54, 1.807) is 0 Å². The summed E-state index contributed by atoms with van der Waals surface area (Å²) in [6.07, 6.45) is 8.46. The van der Waals surface area contributed by atoms with E-state index in [9.17, 15) is 4.79 Å². The highest BCUT2D eigenvalue weighted by atomic mass is 79.9. The summed E-state index contributed by atoms with van der Waals surface area (Å²) < 4.78 is 0.689. The number of aromatic nitrogens is 1. The van der Waals surface area contributed by atoms with Crippen LogP contribution in [0.1, 0.15) is 62.4 Å². The lowest BCUT2D eigenvalue weighted by Crippen LogP contribution is -2.15. The monoisotopic (exact) mass is 393 g/mol. The molecule has 0 radical (unpaired) electrons. The third-order valence-electron chi connectivity index (χ3n) is 3.41. The SMILES string of the molecule is Br.CCCCCCCCc1c(C)[nH]c(C)c(Br)c1=O. The summed E-state index contributed by atoms with van der Waals surface area (Å²) in [6, 6.07) is 0. The Morgan fingerprint density at radius 2 is 1.58 bits per heavy atom. The molecule has 0 bridgehead atoms. The van der Waals surface area contributed by atoms with Crippen LogP contribution in [0, 0.1) is 13.8 Å². The van der Waals surface area contributed by atoms with E-state index >= 15 is 0 Å². The summed E-state index contributed by atoms with van der Waals surface area (Å²) >= 11 is 3.36. The first kappa shape index (κ1) is 18.9. The van der Waals surface area contributed by atoms with Crippen LogP contribution in [0.5, 0.6) is 0 Å². The van der Waals surface area contributed by atoms with E-state index in [0.717, 1.165) is 29.8 Å². The van der Waals surface area contributed by atoms with E-state index in [2.05, 4.69) is 27.8 Å². The molecule has 0 aliphatic carbocycles. The summed E-state index contributed by atoms with van der Waals surface area (Å²) in [4.78, 5) is 15.4. The van der Waals surface area contributed by atoms with Crippen LogP contribution in [0.4, 0.5) is 0 Å². The van der Waals surface area contributed by atoms with Crippen molar-refractivity contribution in [1.82, 2.24) is 4.98 Å². The summed E-state index contributed by atoms with van der Waals surface area (Å²) in [7, 11) is 0.